The highest BCUT2D eigenvalue weighted by Crippen LogP contribution is 2.13. The first-order chi connectivity index (χ1) is 17.3. The summed E-state index contributed by atoms with van der Waals surface area (Å²) in [4.78, 5) is 54.2. The molecule has 1 aromatic carbocycles. The number of carboxylic acids is 1. The van der Waals surface area contributed by atoms with Gasteiger partial charge in [-0.1, -0.05) is 32.4 Å². The normalized spacial score (nSPS) is 14.8. The molecule has 1 rings (SSSR count). The summed E-state index contributed by atoms with van der Waals surface area (Å²) in [7, 11) is 0. The second-order valence-corrected chi connectivity index (χ2v) is 8.94. The number of hydrogen-bond acceptors (Lipinski definition) is 7. The summed E-state index contributed by atoms with van der Waals surface area (Å²) in [6.45, 7) is 5.18. The van der Waals surface area contributed by atoms with Crippen molar-refractivity contribution in [2.24, 2.45) is 28.1 Å². The molecule has 37 heavy (non-hydrogen) atoms. The molecule has 0 unspecified atom stereocenters. The van der Waals surface area contributed by atoms with Crippen LogP contribution in [0.5, 0.6) is 5.75 Å². The topological polar surface area (TPSA) is 235 Å². The van der Waals surface area contributed by atoms with Gasteiger partial charge in [0.15, 0.2) is 5.96 Å². The molecule has 0 radical (unpaired) electrons. The van der Waals surface area contributed by atoms with Gasteiger partial charge in [0.2, 0.25) is 17.7 Å². The molecule has 0 aliphatic rings. The number of nitrogens with two attached hydrogens (primary N) is 3. The average molecular weight is 522 g/mol. The molecule has 0 heterocycles. The Kier molecular flexibility index (Phi) is 12.9. The summed E-state index contributed by atoms with van der Waals surface area (Å²) in [5, 5.41) is 26.9. The first-order valence-electron chi connectivity index (χ1n) is 12.1. The zero-order valence-electron chi connectivity index (χ0n) is 21.4. The molecule has 0 aliphatic carbocycles. The summed E-state index contributed by atoms with van der Waals surface area (Å²) in [6.07, 6.45) is 1.01. The maximum atomic E-state index is 13.2. The van der Waals surface area contributed by atoms with Crippen molar-refractivity contribution < 1.29 is 29.4 Å². The molecule has 13 nitrogen and oxygen atoms in total. The lowest BCUT2D eigenvalue weighted by atomic mass is 9.98. The summed E-state index contributed by atoms with van der Waals surface area (Å²) in [5.74, 6) is -3.57. The minimum atomic E-state index is -1.20. The summed E-state index contributed by atoms with van der Waals surface area (Å²) in [6, 6.07) is 1.76. The number of nitrogens with zero attached hydrogens (tertiary/aromatic N) is 1. The standard InChI is InChI=1S/C24H39N7O6/c1-4-13(2)19(23(36)37)31-22(35)18(12-15-7-9-16(32)10-8-15)30-21(34)17(29-20(33)14(3)25)6-5-11-28-24(26)27/h7-10,13-14,17-19,32H,4-6,11-12,25H2,1-3H3,(H,29,33)(H,30,34)(H,31,35)(H,36,37)(H4,26,27,28)/t13-,14-,17-,18-,19-/m0/s1. The molecule has 0 aliphatic heterocycles. The van der Waals surface area contributed by atoms with Crippen LogP contribution in [0.15, 0.2) is 29.3 Å². The fraction of sp³-hybridized carbons (Fsp3) is 0.542. The van der Waals surface area contributed by atoms with E-state index in [1.54, 1.807) is 26.0 Å². The lowest BCUT2D eigenvalue weighted by Crippen LogP contribution is -2.58. The van der Waals surface area contributed by atoms with Crippen molar-refractivity contribution in [2.75, 3.05) is 6.54 Å². The second kappa shape index (κ2) is 15.3. The number of benzene rings is 1. The van der Waals surface area contributed by atoms with Crippen LogP contribution in [0.2, 0.25) is 0 Å². The van der Waals surface area contributed by atoms with Gasteiger partial charge in [0.1, 0.15) is 23.9 Å². The zero-order chi connectivity index (χ0) is 28.1. The van der Waals surface area contributed by atoms with Crippen molar-refractivity contribution in [3.63, 3.8) is 0 Å². The third kappa shape index (κ3) is 11.2. The van der Waals surface area contributed by atoms with Gasteiger partial charge in [-0.2, -0.15) is 0 Å². The Balaban J connectivity index is 3.17. The number of aromatic hydroxyl groups is 1. The quantitative estimate of drug-likeness (QED) is 0.0794. The number of carbonyl (C=O) groups excluding carboxylic acids is 3. The third-order valence-electron chi connectivity index (χ3n) is 5.78. The first kappa shape index (κ1) is 31.2. The Labute approximate surface area is 216 Å². The highest BCUT2D eigenvalue weighted by Gasteiger charge is 2.31. The Morgan fingerprint density at radius 2 is 1.51 bits per heavy atom. The third-order valence-corrected chi connectivity index (χ3v) is 5.78. The Bertz CT molecular complexity index is 947. The number of rotatable bonds is 15. The molecule has 11 N–H and O–H groups in total. The monoisotopic (exact) mass is 521 g/mol. The van der Waals surface area contributed by atoms with Gasteiger partial charge in [-0.15, -0.1) is 0 Å². The molecule has 0 saturated carbocycles. The van der Waals surface area contributed by atoms with Crippen molar-refractivity contribution in [3.05, 3.63) is 29.8 Å². The molecule has 0 fully saturated rings. The van der Waals surface area contributed by atoms with Gasteiger partial charge in [-0.25, -0.2) is 4.79 Å². The number of guanidine groups is 1. The van der Waals surface area contributed by atoms with Gasteiger partial charge in [0.25, 0.3) is 0 Å². The largest absolute Gasteiger partial charge is 0.508 e. The van der Waals surface area contributed by atoms with Gasteiger partial charge >= 0.3 is 5.97 Å². The van der Waals surface area contributed by atoms with Gasteiger partial charge in [0.05, 0.1) is 6.04 Å². The van der Waals surface area contributed by atoms with E-state index in [9.17, 15) is 29.4 Å². The van der Waals surface area contributed by atoms with E-state index in [0.717, 1.165) is 0 Å². The molecule has 0 spiro atoms. The van der Waals surface area contributed by atoms with Gasteiger partial charge in [-0.3, -0.25) is 19.4 Å². The van der Waals surface area contributed by atoms with Gasteiger partial charge < -0.3 is 43.4 Å². The molecule has 3 amide bonds. The number of hydrogen-bond donors (Lipinski definition) is 8. The Morgan fingerprint density at radius 3 is 2.03 bits per heavy atom. The van der Waals surface area contributed by atoms with Crippen LogP contribution in [-0.2, 0) is 25.6 Å². The molecular formula is C24H39N7O6. The van der Waals surface area contributed by atoms with E-state index in [0.29, 0.717) is 18.4 Å². The van der Waals surface area contributed by atoms with Crippen molar-refractivity contribution in [1.29, 1.82) is 0 Å². The molecule has 0 aromatic heterocycles. The molecule has 1 aromatic rings. The fourth-order valence-electron chi connectivity index (χ4n) is 3.36. The van der Waals surface area contributed by atoms with Crippen LogP contribution in [0.1, 0.15) is 45.6 Å². The lowest BCUT2D eigenvalue weighted by molar-refractivity contribution is -0.143. The molecule has 5 atom stereocenters. The van der Waals surface area contributed by atoms with Gasteiger partial charge in [0, 0.05) is 13.0 Å². The molecule has 206 valence electrons. The van der Waals surface area contributed by atoms with E-state index in [1.165, 1.54) is 19.1 Å². The second-order valence-electron chi connectivity index (χ2n) is 8.94. The van der Waals surface area contributed by atoms with E-state index in [1.807, 2.05) is 0 Å². The van der Waals surface area contributed by atoms with Crippen LogP contribution in [0, 0.1) is 5.92 Å². The number of aliphatic imine (C=N–C) groups is 1. The molecular weight excluding hydrogens is 482 g/mol. The van der Waals surface area contributed by atoms with Gasteiger partial charge in [-0.05, 0) is 43.4 Å². The predicted molar refractivity (Wildman–Crippen MR) is 138 cm³/mol. The van der Waals surface area contributed by atoms with Crippen molar-refractivity contribution in [3.8, 4) is 5.75 Å². The molecule has 13 heteroatoms. The number of phenols is 1. The average Bonchev–Trinajstić information content (AvgIpc) is 2.83. The highest BCUT2D eigenvalue weighted by molar-refractivity contribution is 5.94. The van der Waals surface area contributed by atoms with Crippen molar-refractivity contribution in [1.82, 2.24) is 16.0 Å². The van der Waals surface area contributed by atoms with E-state index in [2.05, 4.69) is 20.9 Å². The molecule has 0 saturated heterocycles. The van der Waals surface area contributed by atoms with Crippen LogP contribution in [0.3, 0.4) is 0 Å². The van der Waals surface area contributed by atoms with E-state index in [-0.39, 0.29) is 37.0 Å². The SMILES string of the molecule is CC[C@H](C)[C@H](NC(=O)[C@H](Cc1ccc(O)cc1)NC(=O)[C@H](CCCN=C(N)N)NC(=O)[C@H](C)N)C(=O)O. The van der Waals surface area contributed by atoms with E-state index < -0.39 is 47.9 Å². The summed E-state index contributed by atoms with van der Waals surface area (Å²) < 4.78 is 0. The van der Waals surface area contributed by atoms with E-state index >= 15 is 0 Å². The van der Waals surface area contributed by atoms with Crippen LogP contribution >= 0.6 is 0 Å². The summed E-state index contributed by atoms with van der Waals surface area (Å²) >= 11 is 0. The fourth-order valence-corrected chi connectivity index (χ4v) is 3.36. The minimum absolute atomic E-state index is 0.00660. The number of carbonyl (C=O) groups is 4. The Morgan fingerprint density at radius 1 is 0.946 bits per heavy atom. The minimum Gasteiger partial charge on any atom is -0.508 e. The van der Waals surface area contributed by atoms with Crippen LogP contribution < -0.4 is 33.2 Å². The number of amides is 3. The maximum absolute atomic E-state index is 13.2. The van der Waals surface area contributed by atoms with Crippen LogP contribution in [0.25, 0.3) is 0 Å². The number of carboxylic acid groups (broad SMARTS) is 1. The predicted octanol–water partition coefficient (Wildman–Crippen LogP) is -1.08. The smallest absolute Gasteiger partial charge is 0.326 e. The highest BCUT2D eigenvalue weighted by atomic mass is 16.4. The molecule has 0 bridgehead atoms. The Hall–Kier alpha value is -3.87. The van der Waals surface area contributed by atoms with E-state index in [4.69, 9.17) is 17.2 Å². The number of phenolic OH excluding ortho intramolecular Hbond substituents is 1. The maximum Gasteiger partial charge on any atom is 0.326 e. The number of nitrogens with one attached hydrogen (secondary N) is 3. The lowest BCUT2D eigenvalue weighted by Gasteiger charge is -2.26. The first-order valence-corrected chi connectivity index (χ1v) is 12.1. The van der Waals surface area contributed by atoms with Crippen molar-refractivity contribution >= 4 is 29.7 Å². The van der Waals surface area contributed by atoms with Crippen LogP contribution in [-0.4, -0.2) is 70.6 Å². The number of aliphatic carboxylic acids is 1. The van der Waals surface area contributed by atoms with Crippen LogP contribution in [0.4, 0.5) is 0 Å². The summed E-state index contributed by atoms with van der Waals surface area (Å²) in [5.41, 5.74) is 16.9. The zero-order valence-corrected chi connectivity index (χ0v) is 21.4. The van der Waals surface area contributed by atoms with Crippen molar-refractivity contribution in [2.45, 2.75) is 70.6 Å².